The average molecular weight is 238 g/mol. The molecule has 0 amide bonds. The molecule has 0 bridgehead atoms. The van der Waals surface area contributed by atoms with E-state index < -0.39 is 5.97 Å². The maximum Gasteiger partial charge on any atom is 0.337 e. The van der Waals surface area contributed by atoms with E-state index in [2.05, 4.69) is 11.4 Å². The lowest BCUT2D eigenvalue weighted by Crippen LogP contribution is -2.03. The van der Waals surface area contributed by atoms with E-state index in [-0.39, 0.29) is 5.56 Å². The number of hydrogen-bond acceptors (Lipinski definition) is 3. The number of hydrogen-bond donors (Lipinski definition) is 2. The van der Waals surface area contributed by atoms with E-state index in [0.717, 1.165) is 0 Å². The summed E-state index contributed by atoms with van der Waals surface area (Å²) in [7, 11) is 0. The topological polar surface area (TPSA) is 73.1 Å². The molecular weight excluding hydrogens is 228 g/mol. The highest BCUT2D eigenvalue weighted by Crippen LogP contribution is 2.23. The van der Waals surface area contributed by atoms with Crippen LogP contribution in [0.4, 0.5) is 11.4 Å². The molecule has 2 N–H and O–H groups in total. The number of carbonyl (C=O) groups is 1. The summed E-state index contributed by atoms with van der Waals surface area (Å²) in [6.07, 6.45) is 0. The number of carboxylic acids is 1. The fourth-order valence-corrected chi connectivity index (χ4v) is 1.61. The number of aromatic carboxylic acids is 1. The summed E-state index contributed by atoms with van der Waals surface area (Å²) in [4.78, 5) is 11.1. The molecule has 2 aromatic rings. The number of nitrogens with one attached hydrogen (secondary N) is 1. The van der Waals surface area contributed by atoms with Gasteiger partial charge in [-0.15, -0.1) is 0 Å². The highest BCUT2D eigenvalue weighted by atomic mass is 16.4. The smallest absolute Gasteiger partial charge is 0.337 e. The quantitative estimate of drug-likeness (QED) is 0.862. The van der Waals surface area contributed by atoms with E-state index in [1.807, 2.05) is 0 Å². The van der Waals surface area contributed by atoms with Crippen LogP contribution in [0.15, 0.2) is 48.5 Å². The Kier molecular flexibility index (Phi) is 3.26. The van der Waals surface area contributed by atoms with Crippen LogP contribution in [-0.4, -0.2) is 11.1 Å². The molecule has 0 saturated heterocycles. The van der Waals surface area contributed by atoms with Gasteiger partial charge in [-0.2, -0.15) is 5.26 Å². The molecule has 0 radical (unpaired) electrons. The van der Waals surface area contributed by atoms with Gasteiger partial charge in [0.1, 0.15) is 6.07 Å². The van der Waals surface area contributed by atoms with Crippen LogP contribution in [0, 0.1) is 11.3 Å². The van der Waals surface area contributed by atoms with Crippen molar-refractivity contribution in [2.75, 3.05) is 5.32 Å². The van der Waals surface area contributed by atoms with E-state index in [9.17, 15) is 4.79 Å². The van der Waals surface area contributed by atoms with Crippen LogP contribution in [0.5, 0.6) is 0 Å². The van der Waals surface area contributed by atoms with Crippen molar-refractivity contribution in [1.29, 1.82) is 5.26 Å². The zero-order valence-corrected chi connectivity index (χ0v) is 9.42. The largest absolute Gasteiger partial charge is 0.478 e. The van der Waals surface area contributed by atoms with Gasteiger partial charge in [-0.1, -0.05) is 24.3 Å². The van der Waals surface area contributed by atoms with Crippen LogP contribution in [0.25, 0.3) is 0 Å². The first-order chi connectivity index (χ1) is 8.72. The van der Waals surface area contributed by atoms with E-state index in [1.54, 1.807) is 42.5 Å². The van der Waals surface area contributed by atoms with Gasteiger partial charge in [-0.05, 0) is 24.3 Å². The van der Waals surface area contributed by atoms with Crippen LogP contribution in [0.1, 0.15) is 15.9 Å². The van der Waals surface area contributed by atoms with Crippen LogP contribution >= 0.6 is 0 Å². The van der Waals surface area contributed by atoms with Gasteiger partial charge in [-0.25, -0.2) is 4.79 Å². The maximum absolute atomic E-state index is 11.1. The van der Waals surface area contributed by atoms with Gasteiger partial charge in [0.25, 0.3) is 0 Å². The second kappa shape index (κ2) is 5.02. The summed E-state index contributed by atoms with van der Waals surface area (Å²) in [5.74, 6) is -1.01. The molecule has 0 fully saturated rings. The van der Waals surface area contributed by atoms with Crippen molar-refractivity contribution in [3.8, 4) is 6.07 Å². The Hall–Kier alpha value is -2.80. The lowest BCUT2D eigenvalue weighted by atomic mass is 10.1. The molecule has 4 nitrogen and oxygen atoms in total. The van der Waals surface area contributed by atoms with E-state index in [4.69, 9.17) is 10.4 Å². The first-order valence-electron chi connectivity index (χ1n) is 5.31. The summed E-state index contributed by atoms with van der Waals surface area (Å²) >= 11 is 0. The lowest BCUT2D eigenvalue weighted by molar-refractivity contribution is 0.0698. The van der Waals surface area contributed by atoms with Crippen LogP contribution in [-0.2, 0) is 0 Å². The maximum atomic E-state index is 11.1. The predicted molar refractivity (Wildman–Crippen MR) is 67.8 cm³/mol. The predicted octanol–water partition coefficient (Wildman–Crippen LogP) is 3.00. The second-order valence-electron chi connectivity index (χ2n) is 3.63. The van der Waals surface area contributed by atoms with Crippen molar-refractivity contribution in [3.63, 3.8) is 0 Å². The second-order valence-corrected chi connectivity index (χ2v) is 3.63. The molecule has 0 aliphatic carbocycles. The molecule has 0 atom stereocenters. The number of anilines is 2. The summed E-state index contributed by atoms with van der Waals surface area (Å²) in [6, 6.07) is 15.6. The third-order valence-electron chi connectivity index (χ3n) is 2.47. The Morgan fingerprint density at radius 1 is 1.06 bits per heavy atom. The molecule has 0 spiro atoms. The molecule has 0 aliphatic rings. The number of benzene rings is 2. The van der Waals surface area contributed by atoms with E-state index in [1.165, 1.54) is 6.07 Å². The summed E-state index contributed by atoms with van der Waals surface area (Å²) in [5.41, 5.74) is 1.70. The molecule has 0 heterocycles. The highest BCUT2D eigenvalue weighted by molar-refractivity contribution is 5.95. The third kappa shape index (κ3) is 2.30. The van der Waals surface area contributed by atoms with Crippen molar-refractivity contribution in [3.05, 3.63) is 59.7 Å². The normalized spacial score (nSPS) is 9.50. The van der Waals surface area contributed by atoms with Crippen molar-refractivity contribution < 1.29 is 9.90 Å². The number of para-hydroxylation sites is 2. The SMILES string of the molecule is N#Cc1ccccc1Nc1ccccc1C(=O)O. The van der Waals surface area contributed by atoms with Gasteiger partial charge in [0.05, 0.1) is 22.5 Å². The van der Waals surface area contributed by atoms with Crippen molar-refractivity contribution >= 4 is 17.3 Å². The highest BCUT2D eigenvalue weighted by Gasteiger charge is 2.10. The summed E-state index contributed by atoms with van der Waals surface area (Å²) in [5, 5.41) is 21.0. The monoisotopic (exact) mass is 238 g/mol. The Morgan fingerprint density at radius 2 is 1.67 bits per heavy atom. The van der Waals surface area contributed by atoms with E-state index >= 15 is 0 Å². The van der Waals surface area contributed by atoms with Crippen LogP contribution < -0.4 is 5.32 Å². The molecule has 4 heteroatoms. The van der Waals surface area contributed by atoms with Gasteiger partial charge in [-0.3, -0.25) is 0 Å². The van der Waals surface area contributed by atoms with Gasteiger partial charge >= 0.3 is 5.97 Å². The molecular formula is C14H10N2O2. The minimum absolute atomic E-state index is 0.172. The summed E-state index contributed by atoms with van der Waals surface area (Å²) < 4.78 is 0. The number of rotatable bonds is 3. The summed E-state index contributed by atoms with van der Waals surface area (Å²) in [6.45, 7) is 0. The Bertz CT molecular complexity index is 630. The van der Waals surface area contributed by atoms with Gasteiger partial charge < -0.3 is 10.4 Å². The Labute approximate surface area is 104 Å². The standard InChI is InChI=1S/C14H10N2O2/c15-9-10-5-1-3-7-12(10)16-13-8-4-2-6-11(13)14(17)18/h1-8,16H,(H,17,18). The fraction of sp³-hybridized carbons (Fsp3) is 0. The van der Waals surface area contributed by atoms with Crippen molar-refractivity contribution in [1.82, 2.24) is 0 Å². The van der Waals surface area contributed by atoms with Crippen LogP contribution in [0.2, 0.25) is 0 Å². The fourth-order valence-electron chi connectivity index (χ4n) is 1.61. The minimum Gasteiger partial charge on any atom is -0.478 e. The van der Waals surface area contributed by atoms with Gasteiger partial charge in [0.15, 0.2) is 0 Å². The average Bonchev–Trinajstić information content (AvgIpc) is 2.40. The van der Waals surface area contributed by atoms with E-state index in [0.29, 0.717) is 16.9 Å². The van der Waals surface area contributed by atoms with Gasteiger partial charge in [0.2, 0.25) is 0 Å². The number of nitriles is 1. The molecule has 2 aromatic carbocycles. The first kappa shape index (κ1) is 11.7. The molecule has 2 rings (SSSR count). The molecule has 0 aromatic heterocycles. The molecule has 0 aliphatic heterocycles. The molecule has 0 saturated carbocycles. The Morgan fingerprint density at radius 3 is 2.33 bits per heavy atom. The number of carboxylic acid groups (broad SMARTS) is 1. The minimum atomic E-state index is -1.01. The zero-order valence-electron chi connectivity index (χ0n) is 9.42. The van der Waals surface area contributed by atoms with Gasteiger partial charge in [0, 0.05) is 0 Å². The van der Waals surface area contributed by atoms with Crippen molar-refractivity contribution in [2.24, 2.45) is 0 Å². The van der Waals surface area contributed by atoms with Crippen LogP contribution in [0.3, 0.4) is 0 Å². The molecule has 0 unspecified atom stereocenters. The van der Waals surface area contributed by atoms with Crippen molar-refractivity contribution in [2.45, 2.75) is 0 Å². The first-order valence-corrected chi connectivity index (χ1v) is 5.31. The number of nitrogens with zero attached hydrogens (tertiary/aromatic N) is 1. The molecule has 88 valence electrons. The lowest BCUT2D eigenvalue weighted by Gasteiger charge is -2.10. The molecule has 18 heavy (non-hydrogen) atoms. The Balaban J connectivity index is 2.41. The third-order valence-corrected chi connectivity index (χ3v) is 2.47. The zero-order chi connectivity index (χ0) is 13.0.